The molecule has 2 aliphatic heterocycles. The SMILES string of the molecule is O=C1NC2(CCCCC2)C(=O)N2CCCC12. The first-order valence-corrected chi connectivity index (χ1v) is 6.36. The largest absolute Gasteiger partial charge is 0.340 e. The van der Waals surface area contributed by atoms with Crippen LogP contribution in [0.2, 0.25) is 0 Å². The van der Waals surface area contributed by atoms with Crippen LogP contribution >= 0.6 is 0 Å². The summed E-state index contributed by atoms with van der Waals surface area (Å²) in [6.07, 6.45) is 6.79. The molecule has 0 aromatic heterocycles. The second-order valence-electron chi connectivity index (χ2n) is 5.29. The molecule has 16 heavy (non-hydrogen) atoms. The van der Waals surface area contributed by atoms with Crippen molar-refractivity contribution in [2.75, 3.05) is 6.54 Å². The minimum absolute atomic E-state index is 0.0824. The van der Waals surface area contributed by atoms with E-state index in [4.69, 9.17) is 0 Å². The summed E-state index contributed by atoms with van der Waals surface area (Å²) < 4.78 is 0. The van der Waals surface area contributed by atoms with Crippen LogP contribution in [0.4, 0.5) is 0 Å². The Balaban J connectivity index is 1.90. The zero-order valence-electron chi connectivity index (χ0n) is 9.50. The van der Waals surface area contributed by atoms with E-state index in [0.29, 0.717) is 0 Å². The number of nitrogens with one attached hydrogen (secondary N) is 1. The second kappa shape index (κ2) is 3.47. The van der Waals surface area contributed by atoms with Crippen molar-refractivity contribution in [2.45, 2.75) is 56.5 Å². The number of hydrogen-bond donors (Lipinski definition) is 1. The Labute approximate surface area is 95.4 Å². The van der Waals surface area contributed by atoms with Crippen molar-refractivity contribution < 1.29 is 9.59 Å². The Morgan fingerprint density at radius 1 is 1.12 bits per heavy atom. The predicted octanol–water partition coefficient (Wildman–Crippen LogP) is 0.810. The van der Waals surface area contributed by atoms with Gasteiger partial charge in [-0.05, 0) is 25.7 Å². The maximum absolute atomic E-state index is 12.4. The second-order valence-corrected chi connectivity index (χ2v) is 5.29. The highest BCUT2D eigenvalue weighted by Gasteiger charge is 2.52. The third-order valence-corrected chi connectivity index (χ3v) is 4.30. The molecular weight excluding hydrogens is 204 g/mol. The summed E-state index contributed by atoms with van der Waals surface area (Å²) in [6, 6.07) is -0.167. The summed E-state index contributed by atoms with van der Waals surface area (Å²) in [7, 11) is 0. The smallest absolute Gasteiger partial charge is 0.249 e. The van der Waals surface area contributed by atoms with Crippen molar-refractivity contribution in [2.24, 2.45) is 0 Å². The van der Waals surface area contributed by atoms with Gasteiger partial charge in [0, 0.05) is 6.54 Å². The fraction of sp³-hybridized carbons (Fsp3) is 0.833. The maximum atomic E-state index is 12.4. The molecule has 3 fully saturated rings. The lowest BCUT2D eigenvalue weighted by Crippen LogP contribution is -2.69. The molecule has 2 saturated heterocycles. The number of carbonyl (C=O) groups is 2. The van der Waals surface area contributed by atoms with Gasteiger partial charge in [0.2, 0.25) is 11.8 Å². The van der Waals surface area contributed by atoms with Crippen LogP contribution in [0.5, 0.6) is 0 Å². The number of nitrogens with zero attached hydrogens (tertiary/aromatic N) is 1. The summed E-state index contributed by atoms with van der Waals surface area (Å²) in [5.41, 5.74) is -0.532. The Morgan fingerprint density at radius 3 is 2.62 bits per heavy atom. The molecule has 4 nitrogen and oxygen atoms in total. The summed E-state index contributed by atoms with van der Waals surface area (Å²) in [6.45, 7) is 0.776. The monoisotopic (exact) mass is 222 g/mol. The molecule has 1 N–H and O–H groups in total. The molecule has 0 aromatic rings. The quantitative estimate of drug-likeness (QED) is 0.659. The Hall–Kier alpha value is -1.06. The van der Waals surface area contributed by atoms with E-state index in [0.717, 1.165) is 45.1 Å². The molecule has 1 aliphatic carbocycles. The van der Waals surface area contributed by atoms with E-state index < -0.39 is 5.54 Å². The number of rotatable bonds is 0. The molecule has 0 aromatic carbocycles. The van der Waals surface area contributed by atoms with E-state index in [1.54, 1.807) is 0 Å². The van der Waals surface area contributed by atoms with E-state index in [1.807, 2.05) is 4.90 Å². The molecule has 1 spiro atoms. The van der Waals surface area contributed by atoms with Gasteiger partial charge in [-0.1, -0.05) is 19.3 Å². The number of carbonyl (C=O) groups excluding carboxylic acids is 2. The highest BCUT2D eigenvalue weighted by atomic mass is 16.2. The van der Waals surface area contributed by atoms with E-state index in [2.05, 4.69) is 5.32 Å². The fourth-order valence-electron chi connectivity index (χ4n) is 3.42. The minimum atomic E-state index is -0.532. The lowest BCUT2D eigenvalue weighted by molar-refractivity contribution is -0.154. The molecule has 1 unspecified atom stereocenters. The summed E-state index contributed by atoms with van der Waals surface area (Å²) in [5.74, 6) is 0.272. The maximum Gasteiger partial charge on any atom is 0.249 e. The van der Waals surface area contributed by atoms with Crippen molar-refractivity contribution in [3.63, 3.8) is 0 Å². The number of amides is 2. The Bertz CT molecular complexity index is 334. The van der Waals surface area contributed by atoms with Crippen LogP contribution < -0.4 is 5.32 Å². The van der Waals surface area contributed by atoms with Gasteiger partial charge >= 0.3 is 0 Å². The van der Waals surface area contributed by atoms with Crippen molar-refractivity contribution >= 4 is 11.8 Å². The molecule has 0 radical (unpaired) electrons. The van der Waals surface area contributed by atoms with Crippen molar-refractivity contribution in [3.8, 4) is 0 Å². The van der Waals surface area contributed by atoms with Gasteiger partial charge in [-0.3, -0.25) is 9.59 Å². The van der Waals surface area contributed by atoms with Gasteiger partial charge in [0.25, 0.3) is 0 Å². The molecule has 3 rings (SSSR count). The van der Waals surface area contributed by atoms with E-state index in [1.165, 1.54) is 6.42 Å². The molecule has 0 bridgehead atoms. The number of fused-ring (bicyclic) bond motifs is 1. The standard InChI is InChI=1S/C12H18N2O2/c15-10-9-5-4-8-14(9)11(16)12(13-10)6-2-1-3-7-12/h9H,1-8H2,(H,13,15). The van der Waals surface area contributed by atoms with E-state index in [-0.39, 0.29) is 17.9 Å². The topological polar surface area (TPSA) is 49.4 Å². The predicted molar refractivity (Wildman–Crippen MR) is 58.7 cm³/mol. The molecule has 2 amide bonds. The zero-order chi connectivity index (χ0) is 11.2. The average Bonchev–Trinajstić information content (AvgIpc) is 2.77. The van der Waals surface area contributed by atoms with Crippen LogP contribution in [-0.4, -0.2) is 34.8 Å². The van der Waals surface area contributed by atoms with Crippen LogP contribution in [0.3, 0.4) is 0 Å². The van der Waals surface area contributed by atoms with E-state index >= 15 is 0 Å². The molecule has 1 atom stereocenters. The van der Waals surface area contributed by atoms with Gasteiger partial charge in [-0.2, -0.15) is 0 Å². The van der Waals surface area contributed by atoms with E-state index in [9.17, 15) is 9.59 Å². The molecule has 3 aliphatic rings. The molecule has 88 valence electrons. The molecule has 1 saturated carbocycles. The molecular formula is C12H18N2O2. The lowest BCUT2D eigenvalue weighted by Gasteiger charge is -2.45. The summed E-state index contributed by atoms with van der Waals surface area (Å²) >= 11 is 0. The fourth-order valence-corrected chi connectivity index (χ4v) is 3.42. The third-order valence-electron chi connectivity index (χ3n) is 4.30. The number of hydrogen-bond acceptors (Lipinski definition) is 2. The third kappa shape index (κ3) is 1.28. The van der Waals surface area contributed by atoms with Crippen LogP contribution in [0, 0.1) is 0 Å². The van der Waals surface area contributed by atoms with Crippen molar-refractivity contribution in [3.05, 3.63) is 0 Å². The lowest BCUT2D eigenvalue weighted by atomic mass is 9.79. The van der Waals surface area contributed by atoms with Crippen LogP contribution in [0.1, 0.15) is 44.9 Å². The number of piperazine rings is 1. The van der Waals surface area contributed by atoms with Gasteiger partial charge in [-0.15, -0.1) is 0 Å². The molecule has 2 heterocycles. The highest BCUT2D eigenvalue weighted by Crippen LogP contribution is 2.35. The highest BCUT2D eigenvalue weighted by molar-refractivity contribution is 6.00. The van der Waals surface area contributed by atoms with Crippen LogP contribution in [-0.2, 0) is 9.59 Å². The van der Waals surface area contributed by atoms with Crippen molar-refractivity contribution in [1.29, 1.82) is 0 Å². The first-order chi connectivity index (χ1) is 7.73. The molecule has 4 heteroatoms. The summed E-state index contributed by atoms with van der Waals surface area (Å²) in [4.78, 5) is 26.3. The first-order valence-electron chi connectivity index (χ1n) is 6.36. The van der Waals surface area contributed by atoms with Gasteiger partial charge in [0.1, 0.15) is 11.6 Å². The Morgan fingerprint density at radius 2 is 1.88 bits per heavy atom. The first kappa shape index (κ1) is 10.1. The average molecular weight is 222 g/mol. The van der Waals surface area contributed by atoms with Gasteiger partial charge in [0.15, 0.2) is 0 Å². The van der Waals surface area contributed by atoms with Gasteiger partial charge in [-0.25, -0.2) is 0 Å². The zero-order valence-corrected chi connectivity index (χ0v) is 9.50. The van der Waals surface area contributed by atoms with Crippen LogP contribution in [0.15, 0.2) is 0 Å². The Kier molecular flexibility index (Phi) is 2.19. The normalized spacial score (nSPS) is 32.8. The van der Waals surface area contributed by atoms with Crippen molar-refractivity contribution in [1.82, 2.24) is 10.2 Å². The van der Waals surface area contributed by atoms with Gasteiger partial charge < -0.3 is 10.2 Å². The van der Waals surface area contributed by atoms with Gasteiger partial charge in [0.05, 0.1) is 0 Å². The minimum Gasteiger partial charge on any atom is -0.340 e. The summed E-state index contributed by atoms with van der Waals surface area (Å²) in [5, 5.41) is 3.02. The van der Waals surface area contributed by atoms with Crippen LogP contribution in [0.25, 0.3) is 0 Å².